The minimum Gasteiger partial charge on any atom is -0.351 e. The van der Waals surface area contributed by atoms with Gasteiger partial charge in [0.1, 0.15) is 5.82 Å². The van der Waals surface area contributed by atoms with Crippen molar-refractivity contribution in [2.24, 2.45) is 5.92 Å². The molecule has 1 aromatic heterocycles. The number of aromatic nitrogens is 2. The first-order valence-corrected chi connectivity index (χ1v) is 9.61. The summed E-state index contributed by atoms with van der Waals surface area (Å²) in [5.74, 6) is 2.33. The number of benzene rings is 2. The van der Waals surface area contributed by atoms with E-state index in [2.05, 4.69) is 17.6 Å². The Morgan fingerprint density at radius 3 is 2.42 bits per heavy atom. The maximum atomic E-state index is 5.99. The summed E-state index contributed by atoms with van der Waals surface area (Å²) in [6.45, 7) is 2.33. The zero-order chi connectivity index (χ0) is 17.9. The number of nitrogens with zero attached hydrogens (tertiary/aromatic N) is 2. The van der Waals surface area contributed by atoms with Crippen molar-refractivity contribution in [1.29, 1.82) is 0 Å². The highest BCUT2D eigenvalue weighted by Gasteiger charge is 2.19. The lowest BCUT2D eigenvalue weighted by Crippen LogP contribution is -2.26. The Balaban J connectivity index is 1.63. The standard InChI is InChI=1S/C21H23ClN4/c1-14-6-10-17(11-7-14)24-21-25-19-5-3-2-4-18(19)20(26-21)23-16-12-8-15(22)9-13-16/h2-5,8-9,12-14,17H,6-7,10-11H2,1H3,(H2,23,24,25,26). The molecule has 0 bridgehead atoms. The van der Waals surface area contributed by atoms with Gasteiger partial charge < -0.3 is 10.6 Å². The SMILES string of the molecule is CC1CCC(Nc2nc(Nc3ccc(Cl)cc3)c3ccccc3n2)CC1. The second-order valence-corrected chi connectivity index (χ2v) is 7.58. The predicted molar refractivity (Wildman–Crippen MR) is 109 cm³/mol. The highest BCUT2D eigenvalue weighted by atomic mass is 35.5. The van der Waals surface area contributed by atoms with Gasteiger partial charge in [-0.1, -0.05) is 30.7 Å². The molecule has 2 aromatic carbocycles. The first-order chi connectivity index (χ1) is 12.7. The fourth-order valence-electron chi connectivity index (χ4n) is 3.49. The molecule has 1 aliphatic rings. The lowest BCUT2D eigenvalue weighted by atomic mass is 9.87. The van der Waals surface area contributed by atoms with Crippen molar-refractivity contribution < 1.29 is 0 Å². The highest BCUT2D eigenvalue weighted by molar-refractivity contribution is 6.30. The van der Waals surface area contributed by atoms with Crippen molar-refractivity contribution in [3.63, 3.8) is 0 Å². The van der Waals surface area contributed by atoms with Crippen LogP contribution >= 0.6 is 11.6 Å². The van der Waals surface area contributed by atoms with E-state index in [1.54, 1.807) is 0 Å². The number of nitrogens with one attached hydrogen (secondary N) is 2. The topological polar surface area (TPSA) is 49.8 Å². The molecule has 0 amide bonds. The number of para-hydroxylation sites is 1. The predicted octanol–water partition coefficient (Wildman–Crippen LogP) is 6.02. The molecule has 1 fully saturated rings. The van der Waals surface area contributed by atoms with E-state index in [4.69, 9.17) is 21.6 Å². The molecule has 0 aliphatic heterocycles. The molecular formula is C21H23ClN4. The Morgan fingerprint density at radius 2 is 1.65 bits per heavy atom. The van der Waals surface area contributed by atoms with Crippen molar-refractivity contribution in [1.82, 2.24) is 9.97 Å². The van der Waals surface area contributed by atoms with Crippen LogP contribution in [0, 0.1) is 5.92 Å². The van der Waals surface area contributed by atoms with Gasteiger partial charge in [0, 0.05) is 22.1 Å². The molecule has 1 heterocycles. The summed E-state index contributed by atoms with van der Waals surface area (Å²) in [7, 11) is 0. The van der Waals surface area contributed by atoms with Crippen molar-refractivity contribution in [3.8, 4) is 0 Å². The molecule has 4 nitrogen and oxygen atoms in total. The second kappa shape index (κ2) is 7.50. The number of fused-ring (bicyclic) bond motifs is 1. The summed E-state index contributed by atoms with van der Waals surface area (Å²) in [4.78, 5) is 9.49. The van der Waals surface area contributed by atoms with Gasteiger partial charge in [-0.15, -0.1) is 0 Å². The van der Waals surface area contributed by atoms with E-state index in [-0.39, 0.29) is 0 Å². The third-order valence-electron chi connectivity index (χ3n) is 5.06. The Labute approximate surface area is 159 Å². The van der Waals surface area contributed by atoms with Crippen LogP contribution in [0.15, 0.2) is 48.5 Å². The van der Waals surface area contributed by atoms with Crippen molar-refractivity contribution in [2.75, 3.05) is 10.6 Å². The lowest BCUT2D eigenvalue weighted by Gasteiger charge is -2.27. The number of anilines is 3. The lowest BCUT2D eigenvalue weighted by molar-refractivity contribution is 0.360. The van der Waals surface area contributed by atoms with Crippen LogP contribution in [0.25, 0.3) is 10.9 Å². The molecule has 0 radical (unpaired) electrons. The van der Waals surface area contributed by atoms with Crippen LogP contribution in [0.2, 0.25) is 5.02 Å². The minimum absolute atomic E-state index is 0.454. The second-order valence-electron chi connectivity index (χ2n) is 7.15. The molecule has 5 heteroatoms. The van der Waals surface area contributed by atoms with Gasteiger partial charge in [-0.25, -0.2) is 4.98 Å². The van der Waals surface area contributed by atoms with Crippen LogP contribution in [0.1, 0.15) is 32.6 Å². The smallest absolute Gasteiger partial charge is 0.225 e. The summed E-state index contributed by atoms with van der Waals surface area (Å²) in [5.41, 5.74) is 1.89. The van der Waals surface area contributed by atoms with Gasteiger partial charge in [-0.3, -0.25) is 0 Å². The van der Waals surface area contributed by atoms with E-state index in [0.717, 1.165) is 33.3 Å². The Kier molecular flexibility index (Phi) is 4.93. The van der Waals surface area contributed by atoms with E-state index < -0.39 is 0 Å². The summed E-state index contributed by atoms with van der Waals surface area (Å²) >= 11 is 5.99. The summed E-state index contributed by atoms with van der Waals surface area (Å²) in [6, 6.07) is 16.2. The third-order valence-corrected chi connectivity index (χ3v) is 5.31. The Morgan fingerprint density at radius 1 is 0.923 bits per heavy atom. The van der Waals surface area contributed by atoms with Crippen LogP contribution in [0.4, 0.5) is 17.5 Å². The van der Waals surface area contributed by atoms with Gasteiger partial charge in [0.2, 0.25) is 5.95 Å². The van der Waals surface area contributed by atoms with Crippen molar-refractivity contribution in [2.45, 2.75) is 38.6 Å². The minimum atomic E-state index is 0.454. The monoisotopic (exact) mass is 366 g/mol. The Bertz CT molecular complexity index is 886. The average Bonchev–Trinajstić information content (AvgIpc) is 2.65. The first kappa shape index (κ1) is 17.1. The van der Waals surface area contributed by atoms with Gasteiger partial charge in [-0.05, 0) is 68.0 Å². The molecule has 0 atom stereocenters. The van der Waals surface area contributed by atoms with Gasteiger partial charge in [0.25, 0.3) is 0 Å². The summed E-state index contributed by atoms with van der Waals surface area (Å²) in [6.07, 6.45) is 4.89. The van der Waals surface area contributed by atoms with E-state index in [1.807, 2.05) is 48.5 Å². The quantitative estimate of drug-likeness (QED) is 0.593. The van der Waals surface area contributed by atoms with Crippen LogP contribution in [0.3, 0.4) is 0 Å². The van der Waals surface area contributed by atoms with Gasteiger partial charge in [0.05, 0.1) is 5.52 Å². The van der Waals surface area contributed by atoms with Crippen LogP contribution in [-0.2, 0) is 0 Å². The third kappa shape index (κ3) is 3.91. The fourth-order valence-corrected chi connectivity index (χ4v) is 3.62. The van der Waals surface area contributed by atoms with Crippen LogP contribution < -0.4 is 10.6 Å². The molecular weight excluding hydrogens is 344 g/mol. The largest absolute Gasteiger partial charge is 0.351 e. The maximum absolute atomic E-state index is 5.99. The van der Waals surface area contributed by atoms with Gasteiger partial charge in [-0.2, -0.15) is 4.98 Å². The average molecular weight is 367 g/mol. The number of halogens is 1. The molecule has 1 saturated carbocycles. The van der Waals surface area contributed by atoms with E-state index in [1.165, 1.54) is 25.7 Å². The van der Waals surface area contributed by atoms with Crippen molar-refractivity contribution in [3.05, 3.63) is 53.6 Å². The molecule has 1 aliphatic carbocycles. The van der Waals surface area contributed by atoms with Gasteiger partial charge >= 0.3 is 0 Å². The highest BCUT2D eigenvalue weighted by Crippen LogP contribution is 2.28. The molecule has 0 unspecified atom stereocenters. The normalized spacial score (nSPS) is 20.1. The van der Waals surface area contributed by atoms with Gasteiger partial charge in [0.15, 0.2) is 0 Å². The zero-order valence-corrected chi connectivity index (χ0v) is 15.6. The summed E-state index contributed by atoms with van der Waals surface area (Å²) in [5, 5.41) is 8.68. The first-order valence-electron chi connectivity index (χ1n) is 9.23. The molecule has 3 aromatic rings. The maximum Gasteiger partial charge on any atom is 0.225 e. The van der Waals surface area contributed by atoms with E-state index in [9.17, 15) is 0 Å². The number of hydrogen-bond acceptors (Lipinski definition) is 4. The van der Waals surface area contributed by atoms with E-state index >= 15 is 0 Å². The molecule has 2 N–H and O–H groups in total. The number of rotatable bonds is 4. The Hall–Kier alpha value is -2.33. The molecule has 0 saturated heterocycles. The van der Waals surface area contributed by atoms with Crippen molar-refractivity contribution >= 4 is 40.0 Å². The molecule has 134 valence electrons. The van der Waals surface area contributed by atoms with E-state index in [0.29, 0.717) is 12.0 Å². The molecule has 4 rings (SSSR count). The molecule has 0 spiro atoms. The number of hydrogen-bond donors (Lipinski definition) is 2. The van der Waals surface area contributed by atoms with Crippen LogP contribution in [0.5, 0.6) is 0 Å². The van der Waals surface area contributed by atoms with Crippen LogP contribution in [-0.4, -0.2) is 16.0 Å². The zero-order valence-electron chi connectivity index (χ0n) is 14.9. The fraction of sp³-hybridized carbons (Fsp3) is 0.333. The molecule has 26 heavy (non-hydrogen) atoms. The summed E-state index contributed by atoms with van der Waals surface area (Å²) < 4.78 is 0.